The summed E-state index contributed by atoms with van der Waals surface area (Å²) in [7, 11) is 2.19. The predicted molar refractivity (Wildman–Crippen MR) is 78.0 cm³/mol. The minimum absolute atomic E-state index is 0.305. The highest BCUT2D eigenvalue weighted by Gasteiger charge is 2.25. The summed E-state index contributed by atoms with van der Waals surface area (Å²) in [6, 6.07) is 0.538. The SMILES string of the molecule is CCNC(CN(C)CCOCC1CC1)C(C)(C)C. The second-order valence-electron chi connectivity index (χ2n) is 6.76. The quantitative estimate of drug-likeness (QED) is 0.641. The Hall–Kier alpha value is -0.120. The molecule has 108 valence electrons. The van der Waals surface area contributed by atoms with Crippen LogP contribution in [-0.4, -0.2) is 50.8 Å². The van der Waals surface area contributed by atoms with Gasteiger partial charge in [0.1, 0.15) is 0 Å². The Kier molecular flexibility index (Phi) is 6.61. The van der Waals surface area contributed by atoms with Gasteiger partial charge in [0.05, 0.1) is 6.61 Å². The van der Waals surface area contributed by atoms with E-state index in [2.05, 4.69) is 45.0 Å². The summed E-state index contributed by atoms with van der Waals surface area (Å²) in [6.45, 7) is 14.1. The minimum atomic E-state index is 0.305. The first kappa shape index (κ1) is 15.9. The molecule has 3 heteroatoms. The highest BCUT2D eigenvalue weighted by molar-refractivity contribution is 4.82. The fourth-order valence-corrected chi connectivity index (χ4v) is 2.05. The fourth-order valence-electron chi connectivity index (χ4n) is 2.05. The molecular weight excluding hydrogens is 224 g/mol. The molecule has 1 N–H and O–H groups in total. The van der Waals surface area contributed by atoms with E-state index in [9.17, 15) is 0 Å². The zero-order valence-corrected chi connectivity index (χ0v) is 13.0. The Morgan fingerprint density at radius 1 is 1.33 bits per heavy atom. The normalized spacial score (nSPS) is 18.3. The average Bonchev–Trinajstić information content (AvgIpc) is 3.06. The molecule has 1 saturated carbocycles. The summed E-state index contributed by atoms with van der Waals surface area (Å²) in [4.78, 5) is 2.38. The third kappa shape index (κ3) is 6.72. The van der Waals surface area contributed by atoms with Crippen molar-refractivity contribution in [1.29, 1.82) is 0 Å². The van der Waals surface area contributed by atoms with Crippen molar-refractivity contribution in [1.82, 2.24) is 10.2 Å². The zero-order chi connectivity index (χ0) is 13.6. The summed E-state index contributed by atoms with van der Waals surface area (Å²) >= 11 is 0. The molecule has 0 spiro atoms. The van der Waals surface area contributed by atoms with Gasteiger partial charge in [0, 0.05) is 25.7 Å². The summed E-state index contributed by atoms with van der Waals surface area (Å²) < 4.78 is 5.69. The Morgan fingerprint density at radius 2 is 2.00 bits per heavy atom. The summed E-state index contributed by atoms with van der Waals surface area (Å²) in [5, 5.41) is 3.59. The summed E-state index contributed by atoms with van der Waals surface area (Å²) in [5.74, 6) is 0.874. The standard InChI is InChI=1S/C15H32N2O/c1-6-16-14(15(2,3)4)11-17(5)9-10-18-12-13-7-8-13/h13-14,16H,6-12H2,1-5H3. The largest absolute Gasteiger partial charge is 0.380 e. The van der Waals surface area contributed by atoms with Crippen LogP contribution in [0.1, 0.15) is 40.5 Å². The maximum Gasteiger partial charge on any atom is 0.0593 e. The number of hydrogen-bond acceptors (Lipinski definition) is 3. The van der Waals surface area contributed by atoms with E-state index >= 15 is 0 Å². The molecule has 0 aromatic heterocycles. The van der Waals surface area contributed by atoms with E-state index in [1.54, 1.807) is 0 Å². The lowest BCUT2D eigenvalue weighted by Gasteiger charge is -2.34. The molecule has 1 rings (SSSR count). The lowest BCUT2D eigenvalue weighted by molar-refractivity contribution is 0.0944. The first-order valence-electron chi connectivity index (χ1n) is 7.43. The lowest BCUT2D eigenvalue weighted by Crippen LogP contribution is -2.48. The van der Waals surface area contributed by atoms with Gasteiger partial charge in [-0.2, -0.15) is 0 Å². The Balaban J connectivity index is 2.15. The van der Waals surface area contributed by atoms with Gasteiger partial charge >= 0.3 is 0 Å². The van der Waals surface area contributed by atoms with E-state index in [1.807, 2.05) is 0 Å². The second-order valence-corrected chi connectivity index (χ2v) is 6.76. The van der Waals surface area contributed by atoms with Crippen molar-refractivity contribution < 1.29 is 4.74 Å². The first-order valence-corrected chi connectivity index (χ1v) is 7.43. The van der Waals surface area contributed by atoms with Crippen molar-refractivity contribution in [3.05, 3.63) is 0 Å². The Morgan fingerprint density at radius 3 is 2.50 bits per heavy atom. The molecule has 1 unspecified atom stereocenters. The molecule has 1 fully saturated rings. The third-order valence-electron chi connectivity index (χ3n) is 3.66. The number of likely N-dealkylation sites (N-methyl/N-ethyl adjacent to an activating group) is 2. The van der Waals surface area contributed by atoms with Crippen molar-refractivity contribution in [2.75, 3.05) is 39.9 Å². The number of nitrogens with zero attached hydrogens (tertiary/aromatic N) is 1. The van der Waals surface area contributed by atoms with Crippen LogP contribution in [0.15, 0.2) is 0 Å². The smallest absolute Gasteiger partial charge is 0.0593 e. The van der Waals surface area contributed by atoms with Crippen LogP contribution < -0.4 is 5.32 Å². The van der Waals surface area contributed by atoms with E-state index in [-0.39, 0.29) is 0 Å². The molecule has 0 radical (unpaired) electrons. The summed E-state index contributed by atoms with van der Waals surface area (Å²) in [6.07, 6.45) is 2.75. The molecular formula is C15H32N2O. The predicted octanol–water partition coefficient (Wildman–Crippen LogP) is 2.37. The first-order chi connectivity index (χ1) is 8.43. The molecule has 3 nitrogen and oxygen atoms in total. The van der Waals surface area contributed by atoms with Gasteiger partial charge in [-0.05, 0) is 37.8 Å². The number of ether oxygens (including phenoxy) is 1. The molecule has 0 aliphatic heterocycles. The van der Waals surface area contributed by atoms with E-state index in [4.69, 9.17) is 4.74 Å². The van der Waals surface area contributed by atoms with E-state index < -0.39 is 0 Å². The molecule has 18 heavy (non-hydrogen) atoms. The van der Waals surface area contributed by atoms with E-state index in [1.165, 1.54) is 12.8 Å². The van der Waals surface area contributed by atoms with Gasteiger partial charge in [-0.25, -0.2) is 0 Å². The van der Waals surface area contributed by atoms with Gasteiger partial charge in [-0.15, -0.1) is 0 Å². The minimum Gasteiger partial charge on any atom is -0.380 e. The molecule has 0 saturated heterocycles. The van der Waals surface area contributed by atoms with Crippen molar-refractivity contribution in [2.24, 2.45) is 11.3 Å². The highest BCUT2D eigenvalue weighted by atomic mass is 16.5. The molecule has 1 atom stereocenters. The van der Waals surface area contributed by atoms with Crippen molar-refractivity contribution >= 4 is 0 Å². The average molecular weight is 256 g/mol. The van der Waals surface area contributed by atoms with Crippen LogP contribution in [0, 0.1) is 11.3 Å². The lowest BCUT2D eigenvalue weighted by atomic mass is 9.86. The highest BCUT2D eigenvalue weighted by Crippen LogP contribution is 2.28. The molecule has 0 bridgehead atoms. The van der Waals surface area contributed by atoms with E-state index in [0.717, 1.165) is 38.8 Å². The maximum atomic E-state index is 5.69. The molecule has 1 aliphatic carbocycles. The molecule has 0 aromatic carbocycles. The van der Waals surface area contributed by atoms with Gasteiger partial charge in [-0.1, -0.05) is 27.7 Å². The van der Waals surface area contributed by atoms with Crippen molar-refractivity contribution in [3.63, 3.8) is 0 Å². The monoisotopic (exact) mass is 256 g/mol. The van der Waals surface area contributed by atoms with Crippen LogP contribution in [0.3, 0.4) is 0 Å². The topological polar surface area (TPSA) is 24.5 Å². The Bertz CT molecular complexity index is 221. The van der Waals surface area contributed by atoms with E-state index in [0.29, 0.717) is 11.5 Å². The number of rotatable bonds is 9. The van der Waals surface area contributed by atoms with Gasteiger partial charge in [0.15, 0.2) is 0 Å². The van der Waals surface area contributed by atoms with Gasteiger partial charge in [0.25, 0.3) is 0 Å². The second kappa shape index (κ2) is 7.46. The van der Waals surface area contributed by atoms with Crippen LogP contribution in [0.5, 0.6) is 0 Å². The maximum absolute atomic E-state index is 5.69. The van der Waals surface area contributed by atoms with Crippen LogP contribution >= 0.6 is 0 Å². The van der Waals surface area contributed by atoms with Gasteiger partial charge in [0.2, 0.25) is 0 Å². The van der Waals surface area contributed by atoms with Crippen molar-refractivity contribution in [3.8, 4) is 0 Å². The third-order valence-corrected chi connectivity index (χ3v) is 3.66. The molecule has 0 amide bonds. The number of nitrogens with one attached hydrogen (secondary N) is 1. The molecule has 1 aliphatic rings. The van der Waals surface area contributed by atoms with Crippen LogP contribution in [0.2, 0.25) is 0 Å². The fraction of sp³-hybridized carbons (Fsp3) is 1.00. The van der Waals surface area contributed by atoms with Crippen LogP contribution in [0.25, 0.3) is 0 Å². The van der Waals surface area contributed by atoms with Crippen molar-refractivity contribution in [2.45, 2.75) is 46.6 Å². The van der Waals surface area contributed by atoms with Crippen LogP contribution in [0.4, 0.5) is 0 Å². The Labute approximate surface area is 113 Å². The number of hydrogen-bond donors (Lipinski definition) is 1. The van der Waals surface area contributed by atoms with Gasteiger partial charge < -0.3 is 15.0 Å². The van der Waals surface area contributed by atoms with Gasteiger partial charge in [-0.3, -0.25) is 0 Å². The zero-order valence-electron chi connectivity index (χ0n) is 13.0. The molecule has 0 heterocycles. The summed E-state index contributed by atoms with van der Waals surface area (Å²) in [5.41, 5.74) is 0.305. The van der Waals surface area contributed by atoms with Crippen LogP contribution in [-0.2, 0) is 4.74 Å². The molecule has 0 aromatic rings.